The summed E-state index contributed by atoms with van der Waals surface area (Å²) in [6.07, 6.45) is 0. The third-order valence-corrected chi connectivity index (χ3v) is 2.65. The van der Waals surface area contributed by atoms with Crippen molar-refractivity contribution in [1.29, 1.82) is 0 Å². The van der Waals surface area contributed by atoms with Crippen LogP contribution < -0.4 is 19.7 Å². The topological polar surface area (TPSA) is 59.5 Å². The molecule has 1 aromatic rings. The number of hydrogen-bond acceptors (Lipinski definition) is 6. The summed E-state index contributed by atoms with van der Waals surface area (Å²) in [6, 6.07) is 1.73. The maximum Gasteiger partial charge on any atom is 0.232 e. The van der Waals surface area contributed by atoms with Gasteiger partial charge in [-0.2, -0.15) is 9.97 Å². The number of hydrogen-bond donors (Lipinski definition) is 1. The summed E-state index contributed by atoms with van der Waals surface area (Å²) in [6.45, 7) is 8.76. The zero-order valence-corrected chi connectivity index (χ0v) is 11.0. The van der Waals surface area contributed by atoms with Crippen LogP contribution in [0, 0.1) is 0 Å². The van der Waals surface area contributed by atoms with Crippen LogP contribution in [0.25, 0.3) is 0 Å². The summed E-state index contributed by atoms with van der Waals surface area (Å²) in [4.78, 5) is 11.0. The maximum absolute atomic E-state index is 5.45. The van der Waals surface area contributed by atoms with E-state index in [0.717, 1.165) is 26.2 Å². The van der Waals surface area contributed by atoms with Gasteiger partial charge in [-0.15, -0.1) is 0 Å². The van der Waals surface area contributed by atoms with Gasteiger partial charge in [-0.3, -0.25) is 0 Å². The number of rotatable bonds is 5. The molecule has 0 atom stereocenters. The van der Waals surface area contributed by atoms with Crippen molar-refractivity contribution in [2.45, 2.75) is 13.8 Å². The Morgan fingerprint density at radius 1 is 1.11 bits per heavy atom. The van der Waals surface area contributed by atoms with Crippen molar-refractivity contribution in [2.24, 2.45) is 0 Å². The molecule has 1 N–H and O–H groups in total. The van der Waals surface area contributed by atoms with Crippen molar-refractivity contribution in [3.8, 4) is 11.8 Å². The number of nitrogens with zero attached hydrogens (tertiary/aromatic N) is 3. The number of piperazine rings is 1. The minimum Gasteiger partial charge on any atom is -0.478 e. The molecule has 6 nitrogen and oxygen atoms in total. The highest BCUT2D eigenvalue weighted by Gasteiger charge is 2.15. The van der Waals surface area contributed by atoms with Crippen LogP contribution in [0.5, 0.6) is 11.8 Å². The monoisotopic (exact) mass is 252 g/mol. The highest BCUT2D eigenvalue weighted by atomic mass is 16.5. The molecule has 18 heavy (non-hydrogen) atoms. The molecule has 0 aliphatic carbocycles. The third kappa shape index (κ3) is 3.22. The second-order valence-electron chi connectivity index (χ2n) is 3.95. The van der Waals surface area contributed by atoms with Crippen molar-refractivity contribution >= 4 is 5.95 Å². The molecule has 100 valence electrons. The molecular formula is C12H20N4O2. The predicted molar refractivity (Wildman–Crippen MR) is 69.5 cm³/mol. The molecule has 0 unspecified atom stereocenters. The van der Waals surface area contributed by atoms with Crippen LogP contribution in [0.15, 0.2) is 6.07 Å². The molecule has 2 rings (SSSR count). The van der Waals surface area contributed by atoms with Crippen LogP contribution in [-0.4, -0.2) is 49.4 Å². The van der Waals surface area contributed by atoms with Gasteiger partial charge < -0.3 is 19.7 Å². The average Bonchev–Trinajstić information content (AvgIpc) is 2.40. The van der Waals surface area contributed by atoms with E-state index in [0.29, 0.717) is 30.9 Å². The minimum atomic E-state index is 0.574. The highest BCUT2D eigenvalue weighted by Crippen LogP contribution is 2.20. The number of anilines is 1. The fourth-order valence-electron chi connectivity index (χ4n) is 1.84. The highest BCUT2D eigenvalue weighted by molar-refractivity contribution is 5.37. The van der Waals surface area contributed by atoms with E-state index in [9.17, 15) is 0 Å². The van der Waals surface area contributed by atoms with Crippen LogP contribution in [-0.2, 0) is 0 Å². The largest absolute Gasteiger partial charge is 0.478 e. The normalized spacial score (nSPS) is 15.6. The molecule has 0 spiro atoms. The van der Waals surface area contributed by atoms with Crippen LogP contribution in [0.4, 0.5) is 5.95 Å². The summed E-state index contributed by atoms with van der Waals surface area (Å²) in [5.74, 6) is 1.83. The fourth-order valence-corrected chi connectivity index (χ4v) is 1.84. The van der Waals surface area contributed by atoms with Crippen LogP contribution in [0.3, 0.4) is 0 Å². The molecule has 0 aromatic carbocycles. The van der Waals surface area contributed by atoms with E-state index < -0.39 is 0 Å². The van der Waals surface area contributed by atoms with Gasteiger partial charge in [0.25, 0.3) is 0 Å². The summed E-state index contributed by atoms with van der Waals surface area (Å²) in [7, 11) is 0. The quantitative estimate of drug-likeness (QED) is 0.831. The van der Waals surface area contributed by atoms with Gasteiger partial charge in [0.05, 0.1) is 19.3 Å². The standard InChI is InChI=1S/C12H20N4O2/c1-3-17-10-9-11(18-4-2)15-12(14-10)16-7-5-13-6-8-16/h9,13H,3-8H2,1-2H3. The Hall–Kier alpha value is -1.56. The molecule has 1 fully saturated rings. The van der Waals surface area contributed by atoms with E-state index in [4.69, 9.17) is 9.47 Å². The molecule has 0 bridgehead atoms. The molecule has 0 radical (unpaired) electrons. The Morgan fingerprint density at radius 3 is 2.17 bits per heavy atom. The molecular weight excluding hydrogens is 232 g/mol. The molecule has 6 heteroatoms. The summed E-state index contributed by atoms with van der Waals surface area (Å²) >= 11 is 0. The lowest BCUT2D eigenvalue weighted by Crippen LogP contribution is -2.44. The first-order valence-corrected chi connectivity index (χ1v) is 6.43. The lowest BCUT2D eigenvalue weighted by molar-refractivity contribution is 0.305. The van der Waals surface area contributed by atoms with E-state index >= 15 is 0 Å². The summed E-state index contributed by atoms with van der Waals surface area (Å²) in [5, 5.41) is 3.30. The molecule has 1 aromatic heterocycles. The SMILES string of the molecule is CCOc1cc(OCC)nc(N2CCNCC2)n1. The van der Waals surface area contributed by atoms with Crippen molar-refractivity contribution in [3.05, 3.63) is 6.07 Å². The third-order valence-electron chi connectivity index (χ3n) is 2.65. The smallest absolute Gasteiger partial charge is 0.232 e. The number of ether oxygens (including phenoxy) is 2. The van der Waals surface area contributed by atoms with Crippen molar-refractivity contribution in [3.63, 3.8) is 0 Å². The molecule has 0 amide bonds. The Bertz CT molecular complexity index is 356. The Morgan fingerprint density at radius 2 is 1.67 bits per heavy atom. The van der Waals surface area contributed by atoms with Crippen molar-refractivity contribution in [1.82, 2.24) is 15.3 Å². The van der Waals surface area contributed by atoms with E-state index in [-0.39, 0.29) is 0 Å². The molecule has 2 heterocycles. The minimum absolute atomic E-state index is 0.574. The number of nitrogens with one attached hydrogen (secondary N) is 1. The van der Waals surface area contributed by atoms with Crippen LogP contribution >= 0.6 is 0 Å². The summed E-state index contributed by atoms with van der Waals surface area (Å²) < 4.78 is 10.9. The second kappa shape index (κ2) is 6.39. The van der Waals surface area contributed by atoms with E-state index in [1.165, 1.54) is 0 Å². The van der Waals surface area contributed by atoms with Gasteiger partial charge in [-0.25, -0.2) is 0 Å². The van der Waals surface area contributed by atoms with E-state index in [1.807, 2.05) is 13.8 Å². The Labute approximate surface area is 107 Å². The number of aromatic nitrogens is 2. The Kier molecular flexibility index (Phi) is 4.58. The van der Waals surface area contributed by atoms with Gasteiger partial charge in [0.15, 0.2) is 0 Å². The van der Waals surface area contributed by atoms with Gasteiger partial charge in [0.2, 0.25) is 17.7 Å². The predicted octanol–water partition coefficient (Wildman–Crippen LogP) is 0.684. The van der Waals surface area contributed by atoms with Gasteiger partial charge in [0.1, 0.15) is 0 Å². The van der Waals surface area contributed by atoms with E-state index in [1.54, 1.807) is 6.07 Å². The molecule has 1 aliphatic rings. The zero-order valence-electron chi connectivity index (χ0n) is 11.0. The van der Waals surface area contributed by atoms with Gasteiger partial charge in [-0.1, -0.05) is 0 Å². The van der Waals surface area contributed by atoms with Crippen LogP contribution in [0.1, 0.15) is 13.8 Å². The van der Waals surface area contributed by atoms with E-state index in [2.05, 4.69) is 20.2 Å². The summed E-state index contributed by atoms with van der Waals surface area (Å²) in [5.41, 5.74) is 0. The first-order chi connectivity index (χ1) is 8.83. The second-order valence-corrected chi connectivity index (χ2v) is 3.95. The van der Waals surface area contributed by atoms with Gasteiger partial charge >= 0.3 is 0 Å². The van der Waals surface area contributed by atoms with Gasteiger partial charge in [-0.05, 0) is 13.8 Å². The maximum atomic E-state index is 5.45. The lowest BCUT2D eigenvalue weighted by Gasteiger charge is -2.27. The first-order valence-electron chi connectivity index (χ1n) is 6.43. The fraction of sp³-hybridized carbons (Fsp3) is 0.667. The Balaban J connectivity index is 2.20. The lowest BCUT2D eigenvalue weighted by atomic mass is 10.4. The van der Waals surface area contributed by atoms with Gasteiger partial charge in [0, 0.05) is 26.2 Å². The first kappa shape index (κ1) is 12.9. The molecule has 0 saturated carbocycles. The van der Waals surface area contributed by atoms with Crippen molar-refractivity contribution in [2.75, 3.05) is 44.3 Å². The average molecular weight is 252 g/mol. The molecule has 1 aliphatic heterocycles. The molecule has 1 saturated heterocycles. The zero-order chi connectivity index (χ0) is 12.8. The van der Waals surface area contributed by atoms with Crippen molar-refractivity contribution < 1.29 is 9.47 Å². The van der Waals surface area contributed by atoms with Crippen LogP contribution in [0.2, 0.25) is 0 Å².